The number of allylic oxidation sites excluding steroid dienone is 5. The van der Waals surface area contributed by atoms with Gasteiger partial charge in [0.1, 0.15) is 5.83 Å². The third kappa shape index (κ3) is 3.47. The van der Waals surface area contributed by atoms with E-state index in [1.54, 1.807) is 12.2 Å². The number of rotatable bonds is 3. The fraction of sp³-hybridized carbons (Fsp3) is 0. The maximum atomic E-state index is 12.0. The van der Waals surface area contributed by atoms with E-state index in [1.165, 1.54) is 6.08 Å². The highest BCUT2D eigenvalue weighted by molar-refractivity contribution is 5.31. The molecule has 0 N–H and O–H groups in total. The third-order valence-corrected chi connectivity index (χ3v) is 0.782. The molecule has 0 rings (SSSR count). The molecular weight excluding hydrogens is 115 g/mol. The van der Waals surface area contributed by atoms with Crippen LogP contribution in [0.3, 0.4) is 0 Å². The van der Waals surface area contributed by atoms with E-state index in [0.717, 1.165) is 0 Å². The van der Waals surface area contributed by atoms with Crippen molar-refractivity contribution in [3.63, 3.8) is 0 Å². The lowest BCUT2D eigenvalue weighted by molar-refractivity contribution is 0.662. The van der Waals surface area contributed by atoms with Crippen molar-refractivity contribution in [2.45, 2.75) is 0 Å². The van der Waals surface area contributed by atoms with Gasteiger partial charge in [-0.15, -0.1) is 0 Å². The van der Waals surface area contributed by atoms with Crippen LogP contribution in [-0.2, 0) is 0 Å². The van der Waals surface area contributed by atoms with Crippen LogP contribution in [0.1, 0.15) is 0 Å². The minimum atomic E-state index is -0.506. The van der Waals surface area contributed by atoms with E-state index in [4.69, 9.17) is 0 Å². The van der Waals surface area contributed by atoms with Gasteiger partial charge in [0, 0.05) is 5.57 Å². The van der Waals surface area contributed by atoms with Crippen LogP contribution >= 0.6 is 0 Å². The quantitative estimate of drug-likeness (QED) is 0.507. The summed E-state index contributed by atoms with van der Waals surface area (Å²) >= 11 is 0. The molecule has 0 aromatic heterocycles. The summed E-state index contributed by atoms with van der Waals surface area (Å²) < 4.78 is 12.0. The topological polar surface area (TPSA) is 0 Å². The molecule has 0 atom stereocenters. The third-order valence-electron chi connectivity index (χ3n) is 0.782. The van der Waals surface area contributed by atoms with Crippen LogP contribution in [-0.4, -0.2) is 0 Å². The highest BCUT2D eigenvalue weighted by Gasteiger charge is 1.88. The Bertz CT molecular complexity index is 163. The van der Waals surface area contributed by atoms with Crippen molar-refractivity contribution in [2.75, 3.05) is 0 Å². The first-order valence-electron chi connectivity index (χ1n) is 2.51. The Kier molecular flexibility index (Phi) is 3.37. The molecule has 0 saturated heterocycles. The second-order valence-corrected chi connectivity index (χ2v) is 1.52. The molecule has 0 radical (unpaired) electrons. The SMILES string of the molecule is C=CC=CC(=C)C(=C)F. The highest BCUT2D eigenvalue weighted by atomic mass is 19.1. The fourth-order valence-corrected chi connectivity index (χ4v) is 0.275. The molecule has 0 aliphatic rings. The van der Waals surface area contributed by atoms with Crippen LogP contribution in [0.4, 0.5) is 4.39 Å². The molecule has 0 nitrogen and oxygen atoms in total. The summed E-state index contributed by atoms with van der Waals surface area (Å²) in [5.74, 6) is -0.506. The van der Waals surface area contributed by atoms with Crippen molar-refractivity contribution in [3.05, 3.63) is 49.4 Å². The zero-order valence-electron chi connectivity index (χ0n) is 5.23. The minimum Gasteiger partial charge on any atom is -0.207 e. The molecule has 0 fully saturated rings. The minimum absolute atomic E-state index is 0.287. The summed E-state index contributed by atoms with van der Waals surface area (Å²) in [6.45, 7) is 9.85. The van der Waals surface area contributed by atoms with Gasteiger partial charge in [-0.3, -0.25) is 0 Å². The second-order valence-electron chi connectivity index (χ2n) is 1.52. The van der Waals surface area contributed by atoms with E-state index in [1.807, 2.05) is 0 Å². The first-order chi connectivity index (χ1) is 4.18. The van der Waals surface area contributed by atoms with Gasteiger partial charge < -0.3 is 0 Å². The van der Waals surface area contributed by atoms with Crippen LogP contribution in [0.5, 0.6) is 0 Å². The van der Waals surface area contributed by atoms with E-state index in [9.17, 15) is 4.39 Å². The van der Waals surface area contributed by atoms with Gasteiger partial charge in [0.05, 0.1) is 0 Å². The number of hydrogen-bond donors (Lipinski definition) is 0. The van der Waals surface area contributed by atoms with Gasteiger partial charge in [0.2, 0.25) is 0 Å². The molecule has 0 aromatic carbocycles. The zero-order valence-corrected chi connectivity index (χ0v) is 5.23. The van der Waals surface area contributed by atoms with Crippen molar-refractivity contribution < 1.29 is 4.39 Å². The Hall–Kier alpha value is -1.11. The van der Waals surface area contributed by atoms with Crippen molar-refractivity contribution in [1.29, 1.82) is 0 Å². The molecule has 0 aliphatic carbocycles. The number of hydrogen-bond acceptors (Lipinski definition) is 0. The predicted octanol–water partition coefficient (Wildman–Crippen LogP) is 2.77. The summed E-state index contributed by atoms with van der Waals surface area (Å²) in [4.78, 5) is 0. The zero-order chi connectivity index (χ0) is 7.28. The van der Waals surface area contributed by atoms with Gasteiger partial charge in [-0.1, -0.05) is 38.0 Å². The molecule has 0 bridgehead atoms. The molecule has 9 heavy (non-hydrogen) atoms. The molecule has 1 heteroatoms. The van der Waals surface area contributed by atoms with Crippen LogP contribution in [0, 0.1) is 0 Å². The van der Waals surface area contributed by atoms with Crippen LogP contribution < -0.4 is 0 Å². The highest BCUT2D eigenvalue weighted by Crippen LogP contribution is 2.06. The summed E-state index contributed by atoms with van der Waals surface area (Å²) in [6, 6.07) is 0. The fourth-order valence-electron chi connectivity index (χ4n) is 0.275. The molecule has 48 valence electrons. The van der Waals surface area contributed by atoms with E-state index >= 15 is 0 Å². The standard InChI is InChI=1S/C8H9F/c1-4-5-6-7(2)8(3)9/h4-6H,1-3H2. The lowest BCUT2D eigenvalue weighted by Gasteiger charge is -1.88. The molecular formula is C8H9F. The number of halogens is 1. The van der Waals surface area contributed by atoms with Crippen LogP contribution in [0.2, 0.25) is 0 Å². The Balaban J connectivity index is 3.92. The molecule has 0 amide bonds. The summed E-state index contributed by atoms with van der Waals surface area (Å²) in [5.41, 5.74) is 0.287. The molecule has 0 spiro atoms. The molecule has 0 saturated carbocycles. The summed E-state index contributed by atoms with van der Waals surface area (Å²) in [5, 5.41) is 0. The summed E-state index contributed by atoms with van der Waals surface area (Å²) in [6.07, 6.45) is 4.66. The Morgan fingerprint density at radius 3 is 2.22 bits per heavy atom. The molecule has 0 aromatic rings. The maximum absolute atomic E-state index is 12.0. The first-order valence-corrected chi connectivity index (χ1v) is 2.51. The van der Waals surface area contributed by atoms with Crippen molar-refractivity contribution in [3.8, 4) is 0 Å². The second kappa shape index (κ2) is 3.84. The average Bonchev–Trinajstić information content (AvgIpc) is 1.82. The van der Waals surface area contributed by atoms with E-state index in [-0.39, 0.29) is 5.57 Å². The largest absolute Gasteiger partial charge is 0.207 e. The van der Waals surface area contributed by atoms with Gasteiger partial charge in [-0.2, -0.15) is 0 Å². The van der Waals surface area contributed by atoms with Crippen LogP contribution in [0.15, 0.2) is 49.4 Å². The monoisotopic (exact) mass is 124 g/mol. The summed E-state index contributed by atoms with van der Waals surface area (Å²) in [7, 11) is 0. The maximum Gasteiger partial charge on any atom is 0.122 e. The first kappa shape index (κ1) is 7.89. The van der Waals surface area contributed by atoms with E-state index < -0.39 is 5.83 Å². The Morgan fingerprint density at radius 1 is 1.33 bits per heavy atom. The van der Waals surface area contributed by atoms with E-state index in [2.05, 4.69) is 19.7 Å². The normalized spacial score (nSPS) is 9.44. The molecule has 0 unspecified atom stereocenters. The van der Waals surface area contributed by atoms with Crippen LogP contribution in [0.25, 0.3) is 0 Å². The van der Waals surface area contributed by atoms with Gasteiger partial charge in [0.15, 0.2) is 0 Å². The smallest absolute Gasteiger partial charge is 0.122 e. The Labute approximate surface area is 54.7 Å². The van der Waals surface area contributed by atoms with Crippen molar-refractivity contribution in [1.82, 2.24) is 0 Å². The van der Waals surface area contributed by atoms with Gasteiger partial charge in [-0.25, -0.2) is 4.39 Å². The Morgan fingerprint density at radius 2 is 1.89 bits per heavy atom. The predicted molar refractivity (Wildman–Crippen MR) is 38.7 cm³/mol. The van der Waals surface area contributed by atoms with Crippen molar-refractivity contribution >= 4 is 0 Å². The lowest BCUT2D eigenvalue weighted by Crippen LogP contribution is -1.70. The van der Waals surface area contributed by atoms with Gasteiger partial charge >= 0.3 is 0 Å². The average molecular weight is 124 g/mol. The lowest BCUT2D eigenvalue weighted by atomic mass is 10.2. The van der Waals surface area contributed by atoms with Gasteiger partial charge in [0.25, 0.3) is 0 Å². The molecule has 0 aliphatic heterocycles. The van der Waals surface area contributed by atoms with Gasteiger partial charge in [-0.05, 0) is 0 Å². The van der Waals surface area contributed by atoms with Crippen molar-refractivity contribution in [2.24, 2.45) is 0 Å². The van der Waals surface area contributed by atoms with E-state index in [0.29, 0.717) is 0 Å². The molecule has 0 heterocycles.